The Morgan fingerprint density at radius 2 is 2.21 bits per heavy atom. The Labute approximate surface area is 118 Å². The van der Waals surface area contributed by atoms with Crippen molar-refractivity contribution in [1.29, 1.82) is 0 Å². The van der Waals surface area contributed by atoms with Gasteiger partial charge in [-0.3, -0.25) is 4.79 Å². The fourth-order valence-electron chi connectivity index (χ4n) is 2.45. The third kappa shape index (κ3) is 3.48. The van der Waals surface area contributed by atoms with Gasteiger partial charge >= 0.3 is 0 Å². The third-order valence-corrected chi connectivity index (χ3v) is 4.12. The van der Waals surface area contributed by atoms with E-state index in [0.717, 1.165) is 43.7 Å². The molecule has 0 bridgehead atoms. The standard InChI is InChI=1S/C13H20ClN3O2/c1-9-11(13(14)19-16-9)2-3-12(18)17-6-4-10(8-15)5-7-17/h10H,2-8,15H2,1H3. The van der Waals surface area contributed by atoms with Gasteiger partial charge in [-0.15, -0.1) is 0 Å². The van der Waals surface area contributed by atoms with Gasteiger partial charge in [0.2, 0.25) is 11.1 Å². The van der Waals surface area contributed by atoms with Gasteiger partial charge in [0.25, 0.3) is 0 Å². The molecule has 0 aliphatic carbocycles. The fourth-order valence-corrected chi connectivity index (χ4v) is 2.71. The number of rotatable bonds is 4. The molecule has 106 valence electrons. The van der Waals surface area contributed by atoms with Crippen molar-refractivity contribution in [2.75, 3.05) is 19.6 Å². The lowest BCUT2D eigenvalue weighted by Crippen LogP contribution is -2.40. The van der Waals surface area contributed by atoms with E-state index in [4.69, 9.17) is 21.9 Å². The van der Waals surface area contributed by atoms with Crippen molar-refractivity contribution < 1.29 is 9.32 Å². The summed E-state index contributed by atoms with van der Waals surface area (Å²) in [5, 5.41) is 4.08. The summed E-state index contributed by atoms with van der Waals surface area (Å²) in [6.45, 7) is 4.19. The monoisotopic (exact) mass is 285 g/mol. The van der Waals surface area contributed by atoms with Crippen LogP contribution < -0.4 is 5.73 Å². The summed E-state index contributed by atoms with van der Waals surface area (Å²) in [6, 6.07) is 0. The van der Waals surface area contributed by atoms with E-state index in [-0.39, 0.29) is 5.91 Å². The lowest BCUT2D eigenvalue weighted by Gasteiger charge is -2.31. The molecule has 0 aromatic carbocycles. The summed E-state index contributed by atoms with van der Waals surface area (Å²) < 4.78 is 4.88. The molecule has 1 fully saturated rings. The van der Waals surface area contributed by atoms with E-state index in [9.17, 15) is 4.79 Å². The van der Waals surface area contributed by atoms with Crippen molar-refractivity contribution in [1.82, 2.24) is 10.1 Å². The van der Waals surface area contributed by atoms with E-state index in [2.05, 4.69) is 5.16 Å². The van der Waals surface area contributed by atoms with Crippen LogP contribution in [0.2, 0.25) is 5.22 Å². The van der Waals surface area contributed by atoms with Crippen molar-refractivity contribution in [2.45, 2.75) is 32.6 Å². The van der Waals surface area contributed by atoms with Crippen LogP contribution in [0.25, 0.3) is 0 Å². The number of amides is 1. The summed E-state index contributed by atoms with van der Waals surface area (Å²) in [5.41, 5.74) is 7.25. The Morgan fingerprint density at radius 3 is 2.74 bits per heavy atom. The number of aryl methyl sites for hydroxylation is 1. The molecule has 2 N–H and O–H groups in total. The maximum Gasteiger partial charge on any atom is 0.229 e. The van der Waals surface area contributed by atoms with Gasteiger partial charge in [0.15, 0.2) is 0 Å². The lowest BCUT2D eigenvalue weighted by molar-refractivity contribution is -0.132. The molecular formula is C13H20ClN3O2. The van der Waals surface area contributed by atoms with Crippen molar-refractivity contribution in [3.8, 4) is 0 Å². The molecule has 0 unspecified atom stereocenters. The molecule has 0 atom stereocenters. The van der Waals surface area contributed by atoms with Crippen LogP contribution in [-0.4, -0.2) is 35.6 Å². The van der Waals surface area contributed by atoms with Crippen LogP contribution in [0, 0.1) is 12.8 Å². The van der Waals surface area contributed by atoms with Gasteiger partial charge in [0.1, 0.15) is 0 Å². The molecular weight excluding hydrogens is 266 g/mol. The molecule has 1 saturated heterocycles. The minimum atomic E-state index is 0.173. The molecule has 1 amide bonds. The molecule has 2 heterocycles. The van der Waals surface area contributed by atoms with Crippen LogP contribution in [0.3, 0.4) is 0 Å². The fraction of sp³-hybridized carbons (Fsp3) is 0.692. The minimum absolute atomic E-state index is 0.173. The van der Waals surface area contributed by atoms with Crippen molar-refractivity contribution in [2.24, 2.45) is 11.7 Å². The van der Waals surface area contributed by atoms with E-state index >= 15 is 0 Å². The molecule has 0 radical (unpaired) electrons. The summed E-state index contributed by atoms with van der Waals surface area (Å²) in [7, 11) is 0. The molecule has 1 aliphatic heterocycles. The number of hydrogen-bond donors (Lipinski definition) is 1. The van der Waals surface area contributed by atoms with Gasteiger partial charge in [-0.2, -0.15) is 0 Å². The first-order valence-electron chi connectivity index (χ1n) is 6.70. The Kier molecular flexibility index (Phi) is 4.82. The molecule has 1 aromatic heterocycles. The van der Waals surface area contributed by atoms with E-state index in [1.54, 1.807) is 0 Å². The maximum atomic E-state index is 12.1. The Balaban J connectivity index is 1.82. The molecule has 19 heavy (non-hydrogen) atoms. The smallest absolute Gasteiger partial charge is 0.229 e. The predicted molar refractivity (Wildman–Crippen MR) is 72.9 cm³/mol. The van der Waals surface area contributed by atoms with Gasteiger partial charge in [0.05, 0.1) is 5.69 Å². The van der Waals surface area contributed by atoms with Crippen LogP contribution in [0.1, 0.15) is 30.5 Å². The molecule has 0 saturated carbocycles. The van der Waals surface area contributed by atoms with Gasteiger partial charge in [-0.05, 0) is 50.2 Å². The quantitative estimate of drug-likeness (QED) is 0.915. The minimum Gasteiger partial charge on any atom is -0.344 e. The zero-order valence-corrected chi connectivity index (χ0v) is 11.9. The molecule has 6 heteroatoms. The molecule has 2 rings (SSSR count). The van der Waals surface area contributed by atoms with Gasteiger partial charge < -0.3 is 15.2 Å². The number of halogens is 1. The van der Waals surface area contributed by atoms with Crippen molar-refractivity contribution >= 4 is 17.5 Å². The summed E-state index contributed by atoms with van der Waals surface area (Å²) >= 11 is 5.88. The van der Waals surface area contributed by atoms with Crippen LogP contribution >= 0.6 is 11.6 Å². The third-order valence-electron chi connectivity index (χ3n) is 3.83. The Morgan fingerprint density at radius 1 is 1.53 bits per heavy atom. The highest BCUT2D eigenvalue weighted by molar-refractivity contribution is 6.29. The zero-order valence-electron chi connectivity index (χ0n) is 11.2. The van der Waals surface area contributed by atoms with Crippen LogP contribution in [0.15, 0.2) is 4.52 Å². The summed E-state index contributed by atoms with van der Waals surface area (Å²) in [5.74, 6) is 0.742. The second-order valence-electron chi connectivity index (χ2n) is 5.08. The number of nitrogens with zero attached hydrogens (tertiary/aromatic N) is 2. The van der Waals surface area contributed by atoms with E-state index < -0.39 is 0 Å². The summed E-state index contributed by atoms with van der Waals surface area (Å²) in [6.07, 6.45) is 3.06. The summed E-state index contributed by atoms with van der Waals surface area (Å²) in [4.78, 5) is 14.0. The molecule has 0 spiro atoms. The number of likely N-dealkylation sites (tertiary alicyclic amines) is 1. The van der Waals surface area contributed by atoms with Crippen molar-refractivity contribution in [3.05, 3.63) is 16.5 Å². The van der Waals surface area contributed by atoms with E-state index in [0.29, 0.717) is 24.0 Å². The Hall–Kier alpha value is -1.07. The van der Waals surface area contributed by atoms with Crippen LogP contribution in [0.4, 0.5) is 0 Å². The van der Waals surface area contributed by atoms with E-state index in [1.165, 1.54) is 0 Å². The topological polar surface area (TPSA) is 72.4 Å². The SMILES string of the molecule is Cc1noc(Cl)c1CCC(=O)N1CCC(CN)CC1. The average Bonchev–Trinajstić information content (AvgIpc) is 2.75. The van der Waals surface area contributed by atoms with Gasteiger partial charge in [-0.25, -0.2) is 0 Å². The number of carbonyl (C=O) groups excluding carboxylic acids is 1. The highest BCUT2D eigenvalue weighted by atomic mass is 35.5. The zero-order chi connectivity index (χ0) is 13.8. The normalized spacial score (nSPS) is 16.9. The van der Waals surface area contributed by atoms with Crippen LogP contribution in [-0.2, 0) is 11.2 Å². The van der Waals surface area contributed by atoms with E-state index in [1.807, 2.05) is 11.8 Å². The van der Waals surface area contributed by atoms with Crippen molar-refractivity contribution in [3.63, 3.8) is 0 Å². The largest absolute Gasteiger partial charge is 0.344 e. The Bertz CT molecular complexity index is 420. The number of aromatic nitrogens is 1. The van der Waals surface area contributed by atoms with Gasteiger partial charge in [0, 0.05) is 25.1 Å². The number of hydrogen-bond acceptors (Lipinski definition) is 4. The highest BCUT2D eigenvalue weighted by Crippen LogP contribution is 2.22. The molecule has 5 nitrogen and oxygen atoms in total. The maximum absolute atomic E-state index is 12.1. The molecule has 1 aliphatic rings. The average molecular weight is 286 g/mol. The highest BCUT2D eigenvalue weighted by Gasteiger charge is 2.22. The molecule has 1 aromatic rings. The second kappa shape index (κ2) is 6.39. The number of carbonyl (C=O) groups is 1. The second-order valence-corrected chi connectivity index (χ2v) is 5.42. The van der Waals surface area contributed by atoms with Gasteiger partial charge in [-0.1, -0.05) is 5.16 Å². The van der Waals surface area contributed by atoms with Crippen LogP contribution in [0.5, 0.6) is 0 Å². The number of piperidine rings is 1. The predicted octanol–water partition coefficient (Wildman–Crippen LogP) is 1.77. The number of nitrogens with two attached hydrogens (primary N) is 1. The lowest BCUT2D eigenvalue weighted by atomic mass is 9.97. The first kappa shape index (κ1) is 14.3. The first-order chi connectivity index (χ1) is 9.11. The first-order valence-corrected chi connectivity index (χ1v) is 7.08.